The third-order valence-electron chi connectivity index (χ3n) is 13.9. The highest BCUT2D eigenvalue weighted by Crippen LogP contribution is 2.35. The van der Waals surface area contributed by atoms with Gasteiger partial charge in [-0.15, -0.1) is 11.3 Å². The van der Waals surface area contributed by atoms with Gasteiger partial charge in [-0.25, -0.2) is 4.98 Å². The van der Waals surface area contributed by atoms with Crippen LogP contribution in [0.15, 0.2) is 76.8 Å². The van der Waals surface area contributed by atoms with E-state index in [4.69, 9.17) is 9.26 Å². The van der Waals surface area contributed by atoms with E-state index in [0.717, 1.165) is 84.2 Å². The van der Waals surface area contributed by atoms with Crippen LogP contribution in [0, 0.1) is 12.3 Å². The Bertz CT molecular complexity index is 2840. The van der Waals surface area contributed by atoms with Gasteiger partial charge < -0.3 is 50.5 Å². The number of rotatable bonds is 24. The molecular formula is C57H72N8O10S. The summed E-state index contributed by atoms with van der Waals surface area (Å²) in [6, 6.07) is 17.5. The SMILES string of the molecule is Cc1ncsc1-c1ccc(CNC(=O)[C@@H]2C[C@@H](O)CN2C(=O)[C@@H](NC(=O)CCCCCCCCCCNC(=O)COc2ccc3c(c2)[C@H](NC(=O)c2cc(-c4ccc(C(=O)N(C)C)c(O)c4)on2)CC3)C(C)(C)C)cc1. The van der Waals surface area contributed by atoms with Crippen molar-refractivity contribution in [3.8, 4) is 33.3 Å². The number of aromatic nitrogens is 2. The normalized spacial score (nSPS) is 16.4. The van der Waals surface area contributed by atoms with Gasteiger partial charge in [-0.1, -0.05) is 101 Å². The number of carbonyl (C=O) groups excluding carboxylic acids is 6. The molecule has 3 heterocycles. The molecule has 2 aliphatic rings. The quantitative estimate of drug-likeness (QED) is 0.0331. The van der Waals surface area contributed by atoms with Crippen LogP contribution in [-0.2, 0) is 32.1 Å². The maximum Gasteiger partial charge on any atom is 0.273 e. The molecule has 6 N–H and O–H groups in total. The molecule has 2 aromatic heterocycles. The number of ether oxygens (including phenoxy) is 1. The van der Waals surface area contributed by atoms with Crippen LogP contribution in [-0.4, -0.2) is 118 Å². The standard InChI is InChI=1S/C57H72N8O10S/c1-35-51(76-34-60-35)38-18-16-36(17-19-38)31-59-54(71)46-28-40(66)32-65(46)56(73)52(57(2,3)4)62-49(68)15-13-11-9-7-8-10-12-14-26-58-50(69)33-74-41-23-20-37-22-25-44(43(37)29-41)61-53(70)45-30-48(75-63-45)39-21-24-42(47(67)27-39)55(72)64(5)6/h16-21,23-24,27,29-30,34,40,44,46,52,66-67H,7-15,22,25-26,28,31-33H2,1-6H3,(H,58,69)(H,59,71)(H,61,70)(H,62,68)/t40-,44-,46+,52-/m1/s1. The third-order valence-corrected chi connectivity index (χ3v) is 14.9. The molecule has 0 saturated carbocycles. The lowest BCUT2D eigenvalue weighted by molar-refractivity contribution is -0.144. The van der Waals surface area contributed by atoms with Gasteiger partial charge in [0.05, 0.1) is 33.8 Å². The number of aromatic hydroxyl groups is 1. The number of hydrogen-bond donors (Lipinski definition) is 6. The van der Waals surface area contributed by atoms with E-state index in [9.17, 15) is 39.0 Å². The van der Waals surface area contributed by atoms with E-state index in [0.29, 0.717) is 30.7 Å². The number of phenols is 1. The molecule has 0 spiro atoms. The Balaban J connectivity index is 0.739. The number of nitrogens with one attached hydrogen (secondary N) is 4. The molecule has 7 rings (SSSR count). The molecule has 1 saturated heterocycles. The summed E-state index contributed by atoms with van der Waals surface area (Å²) in [4.78, 5) is 87.0. The van der Waals surface area contributed by atoms with Gasteiger partial charge in [-0.2, -0.15) is 0 Å². The number of phenolic OH excluding ortho intramolecular Hbond substituents is 1. The van der Waals surface area contributed by atoms with Crippen molar-refractivity contribution in [3.63, 3.8) is 0 Å². The third kappa shape index (κ3) is 15.0. The molecule has 76 heavy (non-hydrogen) atoms. The lowest BCUT2D eigenvalue weighted by atomic mass is 9.85. The van der Waals surface area contributed by atoms with Gasteiger partial charge in [0.1, 0.15) is 23.6 Å². The summed E-state index contributed by atoms with van der Waals surface area (Å²) in [7, 11) is 3.18. The van der Waals surface area contributed by atoms with Crippen LogP contribution in [0.5, 0.6) is 11.5 Å². The zero-order chi connectivity index (χ0) is 54.5. The summed E-state index contributed by atoms with van der Waals surface area (Å²) in [6.07, 6.45) is 8.43. The minimum atomic E-state index is -0.870. The topological polar surface area (TPSA) is 246 Å². The average Bonchev–Trinajstić information content (AvgIpc) is 4.23. The highest BCUT2D eigenvalue weighted by atomic mass is 32.1. The number of fused-ring (bicyclic) bond motifs is 1. The van der Waals surface area contributed by atoms with Crippen LogP contribution in [0.25, 0.3) is 21.8 Å². The Kier molecular flexibility index (Phi) is 19.4. The number of unbranched alkanes of at least 4 members (excludes halogenated alkanes) is 7. The molecular weight excluding hydrogens is 989 g/mol. The highest BCUT2D eigenvalue weighted by molar-refractivity contribution is 7.13. The molecule has 1 fully saturated rings. The highest BCUT2D eigenvalue weighted by Gasteiger charge is 2.44. The molecule has 0 radical (unpaired) electrons. The molecule has 19 heteroatoms. The second-order valence-electron chi connectivity index (χ2n) is 21.1. The zero-order valence-corrected chi connectivity index (χ0v) is 45.2. The van der Waals surface area contributed by atoms with E-state index in [1.807, 2.05) is 75.7 Å². The lowest BCUT2D eigenvalue weighted by Gasteiger charge is -2.35. The summed E-state index contributed by atoms with van der Waals surface area (Å²) in [5, 5.41) is 36.8. The fraction of sp³-hybridized carbons (Fsp3) is 0.474. The van der Waals surface area contributed by atoms with E-state index in [1.165, 1.54) is 28.0 Å². The summed E-state index contributed by atoms with van der Waals surface area (Å²) in [5.41, 5.74) is 6.75. The Hall–Kier alpha value is -7.12. The van der Waals surface area contributed by atoms with E-state index in [-0.39, 0.29) is 90.9 Å². The summed E-state index contributed by atoms with van der Waals surface area (Å²) >= 11 is 1.58. The van der Waals surface area contributed by atoms with Gasteiger partial charge in [0.25, 0.3) is 17.7 Å². The molecule has 406 valence electrons. The first-order chi connectivity index (χ1) is 36.4. The number of aryl methyl sites for hydroxylation is 2. The van der Waals surface area contributed by atoms with Crippen molar-refractivity contribution in [2.75, 3.05) is 33.8 Å². The molecule has 3 aromatic carbocycles. The number of carbonyl (C=O) groups is 6. The largest absolute Gasteiger partial charge is 0.507 e. The van der Waals surface area contributed by atoms with Crippen LogP contribution < -0.4 is 26.0 Å². The van der Waals surface area contributed by atoms with Crippen LogP contribution in [0.2, 0.25) is 0 Å². The monoisotopic (exact) mass is 1060 g/mol. The van der Waals surface area contributed by atoms with Gasteiger partial charge in [-0.05, 0) is 84.5 Å². The number of hydrogen-bond acceptors (Lipinski definition) is 13. The summed E-state index contributed by atoms with van der Waals surface area (Å²) in [6.45, 7) is 8.29. The molecule has 6 amide bonds. The maximum atomic E-state index is 14.0. The van der Waals surface area contributed by atoms with Gasteiger partial charge in [0, 0.05) is 58.2 Å². The van der Waals surface area contributed by atoms with Crippen LogP contribution in [0.4, 0.5) is 0 Å². The van der Waals surface area contributed by atoms with Crippen LogP contribution in [0.1, 0.15) is 141 Å². The Morgan fingerprint density at radius 2 is 1.59 bits per heavy atom. The van der Waals surface area contributed by atoms with Crippen molar-refractivity contribution in [2.45, 2.75) is 136 Å². The van der Waals surface area contributed by atoms with Crippen molar-refractivity contribution < 1.29 is 48.2 Å². The van der Waals surface area contributed by atoms with E-state index in [1.54, 1.807) is 31.5 Å². The lowest BCUT2D eigenvalue weighted by Crippen LogP contribution is -2.57. The minimum Gasteiger partial charge on any atom is -0.507 e. The number of benzene rings is 3. The number of amides is 6. The number of β-amino-alcohol motifs (C(OH)–C–C–N with tert-alkyl or cyclic N) is 1. The first-order valence-electron chi connectivity index (χ1n) is 26.3. The number of nitrogens with zero attached hydrogens (tertiary/aromatic N) is 4. The molecule has 4 atom stereocenters. The number of thiazole rings is 1. The average molecular weight is 1060 g/mol. The molecule has 18 nitrogen and oxygen atoms in total. The predicted octanol–water partition coefficient (Wildman–Crippen LogP) is 7.41. The molecule has 0 unspecified atom stereocenters. The van der Waals surface area contributed by atoms with Crippen molar-refractivity contribution >= 4 is 46.8 Å². The minimum absolute atomic E-state index is 0.0171. The Labute approximate surface area is 448 Å². The van der Waals surface area contributed by atoms with Crippen LogP contribution in [0.3, 0.4) is 0 Å². The Morgan fingerprint density at radius 3 is 2.28 bits per heavy atom. The summed E-state index contributed by atoms with van der Waals surface area (Å²) in [5.74, 6) is -1.37. The van der Waals surface area contributed by atoms with E-state index >= 15 is 0 Å². The van der Waals surface area contributed by atoms with E-state index in [2.05, 4.69) is 31.4 Å². The van der Waals surface area contributed by atoms with Gasteiger partial charge >= 0.3 is 0 Å². The Morgan fingerprint density at radius 1 is 0.882 bits per heavy atom. The molecule has 5 aromatic rings. The maximum absolute atomic E-state index is 14.0. The van der Waals surface area contributed by atoms with Crippen molar-refractivity contribution in [1.29, 1.82) is 0 Å². The van der Waals surface area contributed by atoms with Gasteiger partial charge in [0.2, 0.25) is 17.7 Å². The second-order valence-corrected chi connectivity index (χ2v) is 21.9. The van der Waals surface area contributed by atoms with Crippen molar-refractivity contribution in [1.82, 2.24) is 41.2 Å². The van der Waals surface area contributed by atoms with Crippen molar-refractivity contribution in [2.24, 2.45) is 5.41 Å². The number of aliphatic hydroxyl groups excluding tert-OH is 1. The van der Waals surface area contributed by atoms with Crippen LogP contribution >= 0.6 is 11.3 Å². The first kappa shape index (κ1) is 56.6. The zero-order valence-electron chi connectivity index (χ0n) is 44.4. The fourth-order valence-corrected chi connectivity index (χ4v) is 10.4. The molecule has 1 aliphatic carbocycles. The van der Waals surface area contributed by atoms with Gasteiger partial charge in [0.15, 0.2) is 18.1 Å². The fourth-order valence-electron chi connectivity index (χ4n) is 9.59. The summed E-state index contributed by atoms with van der Waals surface area (Å²) < 4.78 is 11.2. The second kappa shape index (κ2) is 26.1. The molecule has 1 aliphatic heterocycles. The molecule has 0 bridgehead atoms. The van der Waals surface area contributed by atoms with Gasteiger partial charge in [-0.3, -0.25) is 28.8 Å². The smallest absolute Gasteiger partial charge is 0.273 e. The predicted molar refractivity (Wildman–Crippen MR) is 288 cm³/mol. The number of likely N-dealkylation sites (tertiary alicyclic amines) is 1. The van der Waals surface area contributed by atoms with E-state index < -0.39 is 29.5 Å². The number of aliphatic hydroxyl groups is 1. The van der Waals surface area contributed by atoms with Crippen molar-refractivity contribution in [3.05, 3.63) is 106 Å². The first-order valence-corrected chi connectivity index (χ1v) is 27.1.